The highest BCUT2D eigenvalue weighted by Crippen LogP contribution is 2.28. The van der Waals surface area contributed by atoms with Crippen LogP contribution in [0.4, 0.5) is 4.79 Å². The molecule has 0 unspecified atom stereocenters. The number of benzene rings is 1. The maximum Gasteiger partial charge on any atom is 0.318 e. The van der Waals surface area contributed by atoms with Gasteiger partial charge < -0.3 is 15.3 Å². The lowest BCUT2D eigenvalue weighted by Crippen LogP contribution is -2.56. The maximum absolute atomic E-state index is 12.4. The van der Waals surface area contributed by atoms with Crippen LogP contribution >= 0.6 is 11.6 Å². The summed E-state index contributed by atoms with van der Waals surface area (Å²) >= 11 is 6.00. The molecule has 2 amide bonds. The second-order valence-electron chi connectivity index (χ2n) is 6.50. The second-order valence-corrected chi connectivity index (χ2v) is 6.93. The van der Waals surface area contributed by atoms with Gasteiger partial charge in [-0.3, -0.25) is 9.69 Å². The zero-order chi connectivity index (χ0) is 17.3. The van der Waals surface area contributed by atoms with E-state index in [0.717, 1.165) is 24.0 Å². The van der Waals surface area contributed by atoms with Gasteiger partial charge in [0.1, 0.15) is 0 Å². The number of nitrogens with one attached hydrogen (secondary N) is 1. The Balaban J connectivity index is 1.47. The minimum Gasteiger partial charge on any atom is -0.480 e. The minimum absolute atomic E-state index is 0.0596. The molecule has 1 aromatic carbocycles. The third-order valence-electron chi connectivity index (χ3n) is 4.88. The Kier molecular flexibility index (Phi) is 4.96. The van der Waals surface area contributed by atoms with Gasteiger partial charge in [-0.2, -0.15) is 0 Å². The summed E-state index contributed by atoms with van der Waals surface area (Å²) in [6, 6.07) is 6.03. The Labute approximate surface area is 146 Å². The van der Waals surface area contributed by atoms with E-state index in [2.05, 4.69) is 5.32 Å². The predicted molar refractivity (Wildman–Crippen MR) is 90.9 cm³/mol. The fourth-order valence-electron chi connectivity index (χ4n) is 3.45. The number of carbonyl (C=O) groups excluding carboxylic acids is 1. The fourth-order valence-corrected chi connectivity index (χ4v) is 3.64. The van der Waals surface area contributed by atoms with Gasteiger partial charge in [0.05, 0.1) is 6.54 Å². The van der Waals surface area contributed by atoms with Crippen molar-refractivity contribution < 1.29 is 14.7 Å². The Morgan fingerprint density at radius 3 is 2.71 bits per heavy atom. The third kappa shape index (κ3) is 3.65. The normalized spacial score (nSPS) is 22.2. The first-order chi connectivity index (χ1) is 11.5. The summed E-state index contributed by atoms with van der Waals surface area (Å²) in [5.41, 5.74) is 2.24. The fraction of sp³-hybridized carbons (Fsp3) is 0.529. The van der Waals surface area contributed by atoms with Crippen molar-refractivity contribution in [2.45, 2.75) is 44.9 Å². The largest absolute Gasteiger partial charge is 0.480 e. The molecule has 6 nitrogen and oxygen atoms in total. The minimum atomic E-state index is -0.808. The van der Waals surface area contributed by atoms with Crippen LogP contribution in [-0.4, -0.2) is 52.1 Å². The van der Waals surface area contributed by atoms with E-state index in [4.69, 9.17) is 16.7 Å². The van der Waals surface area contributed by atoms with Crippen molar-refractivity contribution in [2.24, 2.45) is 0 Å². The van der Waals surface area contributed by atoms with E-state index in [9.17, 15) is 9.59 Å². The average Bonchev–Trinajstić information content (AvgIpc) is 2.91. The number of carbonyl (C=O) groups is 2. The summed E-state index contributed by atoms with van der Waals surface area (Å²) in [6.45, 7) is 3.91. The number of halogens is 1. The maximum atomic E-state index is 12.4. The summed E-state index contributed by atoms with van der Waals surface area (Å²) < 4.78 is 0. The highest BCUT2D eigenvalue weighted by atomic mass is 35.5. The van der Waals surface area contributed by atoms with Gasteiger partial charge in [-0.1, -0.05) is 24.6 Å². The average molecular weight is 352 g/mol. The summed E-state index contributed by atoms with van der Waals surface area (Å²) in [7, 11) is 0. The molecule has 24 heavy (non-hydrogen) atoms. The molecule has 1 saturated carbocycles. The smallest absolute Gasteiger partial charge is 0.318 e. The van der Waals surface area contributed by atoms with Crippen molar-refractivity contribution in [3.63, 3.8) is 0 Å². The van der Waals surface area contributed by atoms with E-state index in [1.54, 1.807) is 4.90 Å². The number of carboxylic acid groups (broad SMARTS) is 1. The SMILES string of the molecule is CCN(CC(=O)O)C1CC(NC(=O)N2Cc3ccc(Cl)cc3C2)C1. The number of rotatable bonds is 5. The van der Waals surface area contributed by atoms with Gasteiger partial charge in [-0.25, -0.2) is 4.79 Å². The van der Waals surface area contributed by atoms with Crippen molar-refractivity contribution in [1.29, 1.82) is 0 Å². The van der Waals surface area contributed by atoms with Crippen LogP contribution in [0.2, 0.25) is 5.02 Å². The van der Waals surface area contributed by atoms with E-state index in [0.29, 0.717) is 24.7 Å². The molecule has 1 aliphatic heterocycles. The van der Waals surface area contributed by atoms with Crippen molar-refractivity contribution in [3.8, 4) is 0 Å². The van der Waals surface area contributed by atoms with Gasteiger partial charge in [-0.15, -0.1) is 0 Å². The summed E-state index contributed by atoms with van der Waals surface area (Å²) in [5.74, 6) is -0.808. The molecule has 2 N–H and O–H groups in total. The van der Waals surface area contributed by atoms with Gasteiger partial charge >= 0.3 is 12.0 Å². The van der Waals surface area contributed by atoms with Crippen LogP contribution in [0.5, 0.6) is 0 Å². The van der Waals surface area contributed by atoms with Gasteiger partial charge in [0.2, 0.25) is 0 Å². The lowest BCUT2D eigenvalue weighted by Gasteiger charge is -2.42. The molecule has 0 radical (unpaired) electrons. The lowest BCUT2D eigenvalue weighted by atomic mass is 9.85. The number of likely N-dealkylation sites (N-methyl/N-ethyl adjacent to an activating group) is 1. The van der Waals surface area contributed by atoms with Crippen molar-refractivity contribution >= 4 is 23.6 Å². The van der Waals surface area contributed by atoms with Crippen molar-refractivity contribution in [1.82, 2.24) is 15.1 Å². The van der Waals surface area contributed by atoms with Gasteiger partial charge in [0.25, 0.3) is 0 Å². The van der Waals surface area contributed by atoms with E-state index < -0.39 is 5.97 Å². The topological polar surface area (TPSA) is 72.9 Å². The number of nitrogens with zero attached hydrogens (tertiary/aromatic N) is 2. The van der Waals surface area contributed by atoms with E-state index >= 15 is 0 Å². The molecule has 1 heterocycles. The van der Waals surface area contributed by atoms with Gasteiger partial charge in [0, 0.05) is 30.2 Å². The summed E-state index contributed by atoms with van der Waals surface area (Å²) in [6.07, 6.45) is 1.61. The Bertz CT molecular complexity index is 646. The zero-order valence-corrected chi connectivity index (χ0v) is 14.4. The monoisotopic (exact) mass is 351 g/mol. The molecule has 1 aliphatic carbocycles. The van der Waals surface area contributed by atoms with E-state index in [1.165, 1.54) is 0 Å². The molecular formula is C17H22ClN3O3. The molecule has 0 aromatic heterocycles. The zero-order valence-electron chi connectivity index (χ0n) is 13.7. The first-order valence-corrected chi connectivity index (χ1v) is 8.62. The van der Waals surface area contributed by atoms with Crippen molar-refractivity contribution in [2.75, 3.05) is 13.1 Å². The lowest BCUT2D eigenvalue weighted by molar-refractivity contribution is -0.139. The van der Waals surface area contributed by atoms with Gasteiger partial charge in [-0.05, 0) is 42.6 Å². The molecular weight excluding hydrogens is 330 g/mol. The first-order valence-electron chi connectivity index (χ1n) is 8.25. The van der Waals surface area contributed by atoms with Crippen LogP contribution in [-0.2, 0) is 17.9 Å². The third-order valence-corrected chi connectivity index (χ3v) is 5.11. The highest BCUT2D eigenvalue weighted by molar-refractivity contribution is 6.30. The number of aliphatic carboxylic acids is 1. The summed E-state index contributed by atoms with van der Waals surface area (Å²) in [5, 5.41) is 12.7. The number of carboxylic acids is 1. The first kappa shape index (κ1) is 17.0. The highest BCUT2D eigenvalue weighted by Gasteiger charge is 2.36. The van der Waals surface area contributed by atoms with Crippen LogP contribution in [0, 0.1) is 0 Å². The number of hydrogen-bond donors (Lipinski definition) is 2. The molecule has 2 aliphatic rings. The Morgan fingerprint density at radius 1 is 1.33 bits per heavy atom. The van der Waals surface area contributed by atoms with Gasteiger partial charge in [0.15, 0.2) is 0 Å². The Hall–Kier alpha value is -1.79. The number of hydrogen-bond acceptors (Lipinski definition) is 3. The molecule has 0 atom stereocenters. The van der Waals surface area contributed by atoms with E-state index in [-0.39, 0.29) is 24.7 Å². The summed E-state index contributed by atoms with van der Waals surface area (Å²) in [4.78, 5) is 27.0. The number of fused-ring (bicyclic) bond motifs is 1. The molecule has 0 saturated heterocycles. The van der Waals surface area contributed by atoms with E-state index in [1.807, 2.05) is 30.0 Å². The predicted octanol–water partition coefficient (Wildman–Crippen LogP) is 2.30. The van der Waals surface area contributed by atoms with Crippen LogP contribution in [0.1, 0.15) is 30.9 Å². The molecule has 0 bridgehead atoms. The number of urea groups is 1. The van der Waals surface area contributed by atoms with Crippen LogP contribution in [0.15, 0.2) is 18.2 Å². The standard InChI is InChI=1S/C17H22ClN3O3/c1-2-20(10-16(22)23)15-6-14(7-15)19-17(24)21-8-11-3-4-13(18)5-12(11)9-21/h3-5,14-15H,2,6-10H2,1H3,(H,19,24)(H,22,23). The molecule has 130 valence electrons. The van der Waals surface area contributed by atoms with Crippen LogP contribution < -0.4 is 5.32 Å². The number of amides is 2. The van der Waals surface area contributed by atoms with Crippen LogP contribution in [0.25, 0.3) is 0 Å². The quantitative estimate of drug-likeness (QED) is 0.853. The molecule has 0 spiro atoms. The van der Waals surface area contributed by atoms with Crippen molar-refractivity contribution in [3.05, 3.63) is 34.3 Å². The molecule has 7 heteroatoms. The molecule has 1 aromatic rings. The van der Waals surface area contributed by atoms with Crippen LogP contribution in [0.3, 0.4) is 0 Å². The molecule has 1 fully saturated rings. The molecule has 3 rings (SSSR count). The second kappa shape index (κ2) is 6.99. The Morgan fingerprint density at radius 2 is 2.04 bits per heavy atom.